The molecular formula is C13H13NO3S2. The van der Waals surface area contributed by atoms with Gasteiger partial charge in [-0.3, -0.25) is 9.69 Å². The highest BCUT2D eigenvalue weighted by Gasteiger charge is 2.33. The average molecular weight is 295 g/mol. The van der Waals surface area contributed by atoms with E-state index >= 15 is 0 Å². The van der Waals surface area contributed by atoms with E-state index in [0.717, 1.165) is 0 Å². The minimum absolute atomic E-state index is 0.0200. The fourth-order valence-corrected chi connectivity index (χ4v) is 3.23. The zero-order valence-electron chi connectivity index (χ0n) is 10.5. The minimum Gasteiger partial charge on any atom is -0.504 e. The van der Waals surface area contributed by atoms with Gasteiger partial charge in [0.1, 0.15) is 4.32 Å². The summed E-state index contributed by atoms with van der Waals surface area (Å²) in [5.74, 6) is -0.530. The second kappa shape index (κ2) is 5.22. The zero-order chi connectivity index (χ0) is 14.2. The van der Waals surface area contributed by atoms with E-state index in [1.807, 2.05) is 13.8 Å². The molecule has 0 saturated carbocycles. The Kier molecular flexibility index (Phi) is 3.82. The van der Waals surface area contributed by atoms with Gasteiger partial charge in [-0.15, -0.1) is 0 Å². The summed E-state index contributed by atoms with van der Waals surface area (Å²) >= 11 is 6.41. The monoisotopic (exact) mass is 295 g/mol. The Bertz CT molecular complexity index is 581. The maximum atomic E-state index is 12.2. The zero-order valence-corrected chi connectivity index (χ0v) is 12.1. The molecule has 1 aromatic rings. The summed E-state index contributed by atoms with van der Waals surface area (Å²) in [4.78, 5) is 14.2. The van der Waals surface area contributed by atoms with Crippen LogP contribution >= 0.6 is 24.0 Å². The Balaban J connectivity index is 2.32. The predicted molar refractivity (Wildman–Crippen MR) is 79.9 cm³/mol. The summed E-state index contributed by atoms with van der Waals surface area (Å²) in [6.45, 7) is 3.81. The van der Waals surface area contributed by atoms with Gasteiger partial charge < -0.3 is 10.2 Å². The smallest absolute Gasteiger partial charge is 0.266 e. The van der Waals surface area contributed by atoms with Crippen LogP contribution in [0.25, 0.3) is 6.08 Å². The number of phenols is 2. The lowest BCUT2D eigenvalue weighted by atomic mass is 10.2. The molecule has 1 amide bonds. The number of thioether (sulfide) groups is 1. The number of hydrogen-bond acceptors (Lipinski definition) is 5. The van der Waals surface area contributed by atoms with Crippen LogP contribution in [-0.4, -0.2) is 31.4 Å². The first kappa shape index (κ1) is 13.9. The van der Waals surface area contributed by atoms with Gasteiger partial charge in [-0.2, -0.15) is 0 Å². The number of aromatic hydroxyl groups is 2. The second-order valence-electron chi connectivity index (χ2n) is 4.39. The molecule has 0 atom stereocenters. The Hall–Kier alpha value is -1.53. The predicted octanol–water partition coefficient (Wildman–Crippen LogP) is 2.71. The molecule has 1 saturated heterocycles. The molecule has 0 aliphatic carbocycles. The topological polar surface area (TPSA) is 60.8 Å². The standard InChI is InChI=1S/C13H13NO3S2/c1-7(2)14-12(17)11(19-13(14)18)6-8-3-4-9(15)10(16)5-8/h3-7,15-16H,1-2H3/b11-6-. The fourth-order valence-electron chi connectivity index (χ4n) is 1.71. The molecule has 1 aromatic carbocycles. The molecule has 2 N–H and O–H groups in total. The molecule has 4 nitrogen and oxygen atoms in total. The number of phenolic OH excluding ortho intramolecular Hbond substituents is 2. The van der Waals surface area contributed by atoms with Crippen molar-refractivity contribution in [2.75, 3.05) is 0 Å². The molecule has 2 rings (SSSR count). The van der Waals surface area contributed by atoms with Gasteiger partial charge in [-0.25, -0.2) is 0 Å². The summed E-state index contributed by atoms with van der Waals surface area (Å²) in [6, 6.07) is 4.42. The molecule has 1 aliphatic rings. The van der Waals surface area contributed by atoms with Crippen LogP contribution in [0, 0.1) is 0 Å². The summed E-state index contributed by atoms with van der Waals surface area (Å²) in [7, 11) is 0. The molecule has 1 fully saturated rings. The summed E-state index contributed by atoms with van der Waals surface area (Å²) in [5, 5.41) is 18.7. The third-order valence-electron chi connectivity index (χ3n) is 2.64. The van der Waals surface area contributed by atoms with E-state index in [0.29, 0.717) is 14.8 Å². The minimum atomic E-state index is -0.215. The first-order valence-corrected chi connectivity index (χ1v) is 6.91. The van der Waals surface area contributed by atoms with Crippen LogP contribution in [0.3, 0.4) is 0 Å². The van der Waals surface area contributed by atoms with Gasteiger partial charge >= 0.3 is 0 Å². The van der Waals surface area contributed by atoms with Crippen LogP contribution in [0.5, 0.6) is 11.5 Å². The number of nitrogens with zero attached hydrogens (tertiary/aromatic N) is 1. The quantitative estimate of drug-likeness (QED) is 0.499. The van der Waals surface area contributed by atoms with Gasteiger partial charge in [0, 0.05) is 6.04 Å². The van der Waals surface area contributed by atoms with E-state index in [1.54, 1.807) is 17.0 Å². The molecule has 19 heavy (non-hydrogen) atoms. The first-order chi connectivity index (χ1) is 8.90. The highest BCUT2D eigenvalue weighted by molar-refractivity contribution is 8.26. The van der Waals surface area contributed by atoms with Gasteiger partial charge in [0.15, 0.2) is 11.5 Å². The molecule has 100 valence electrons. The number of amides is 1. The molecule has 0 aromatic heterocycles. The van der Waals surface area contributed by atoms with Crippen molar-refractivity contribution in [3.05, 3.63) is 28.7 Å². The van der Waals surface area contributed by atoms with Crippen molar-refractivity contribution in [2.45, 2.75) is 19.9 Å². The summed E-state index contributed by atoms with van der Waals surface area (Å²) in [5.41, 5.74) is 0.638. The molecular weight excluding hydrogens is 282 g/mol. The number of thiocarbonyl (C=S) groups is 1. The van der Waals surface area contributed by atoms with Crippen LogP contribution < -0.4 is 0 Å². The molecule has 1 aliphatic heterocycles. The van der Waals surface area contributed by atoms with Crippen molar-refractivity contribution in [3.63, 3.8) is 0 Å². The molecule has 0 bridgehead atoms. The maximum absolute atomic E-state index is 12.2. The SMILES string of the molecule is CC(C)N1C(=O)/C(=C/c2ccc(O)c(O)c2)SC1=S. The van der Waals surface area contributed by atoms with E-state index < -0.39 is 0 Å². The lowest BCUT2D eigenvalue weighted by Crippen LogP contribution is -2.34. The number of carbonyl (C=O) groups is 1. The largest absolute Gasteiger partial charge is 0.504 e. The van der Waals surface area contributed by atoms with E-state index in [9.17, 15) is 15.0 Å². The fraction of sp³-hybridized carbons (Fsp3) is 0.231. The van der Waals surface area contributed by atoms with E-state index in [2.05, 4.69) is 0 Å². The average Bonchev–Trinajstić information content (AvgIpc) is 2.59. The lowest BCUT2D eigenvalue weighted by Gasteiger charge is -2.18. The van der Waals surface area contributed by atoms with Crippen LogP contribution in [0.1, 0.15) is 19.4 Å². The normalized spacial score (nSPS) is 17.8. The van der Waals surface area contributed by atoms with Crippen LogP contribution in [0.15, 0.2) is 23.1 Å². The Morgan fingerprint density at radius 2 is 2.00 bits per heavy atom. The Labute approximate surface area is 120 Å². The van der Waals surface area contributed by atoms with E-state index in [-0.39, 0.29) is 23.4 Å². The van der Waals surface area contributed by atoms with E-state index in [1.165, 1.54) is 23.9 Å². The summed E-state index contributed by atoms with van der Waals surface area (Å²) < 4.78 is 0.536. The van der Waals surface area contributed by atoms with Crippen molar-refractivity contribution >= 4 is 40.3 Å². The first-order valence-electron chi connectivity index (χ1n) is 5.69. The van der Waals surface area contributed by atoms with Gasteiger partial charge in [-0.1, -0.05) is 30.0 Å². The van der Waals surface area contributed by atoms with Crippen molar-refractivity contribution in [1.82, 2.24) is 4.90 Å². The maximum Gasteiger partial charge on any atom is 0.266 e. The Morgan fingerprint density at radius 1 is 1.32 bits per heavy atom. The van der Waals surface area contributed by atoms with Crippen molar-refractivity contribution in [1.29, 1.82) is 0 Å². The van der Waals surface area contributed by atoms with Crippen LogP contribution in [0.2, 0.25) is 0 Å². The third-order valence-corrected chi connectivity index (χ3v) is 3.97. The van der Waals surface area contributed by atoms with Gasteiger partial charge in [-0.05, 0) is 37.6 Å². The summed E-state index contributed by atoms with van der Waals surface area (Å²) in [6.07, 6.45) is 1.65. The van der Waals surface area contributed by atoms with Crippen molar-refractivity contribution in [2.24, 2.45) is 0 Å². The second-order valence-corrected chi connectivity index (χ2v) is 6.07. The highest BCUT2D eigenvalue weighted by Crippen LogP contribution is 2.35. The van der Waals surface area contributed by atoms with Gasteiger partial charge in [0.2, 0.25) is 0 Å². The van der Waals surface area contributed by atoms with Crippen molar-refractivity contribution in [3.8, 4) is 11.5 Å². The molecule has 1 heterocycles. The number of benzene rings is 1. The third kappa shape index (κ3) is 2.74. The van der Waals surface area contributed by atoms with Gasteiger partial charge in [0.25, 0.3) is 5.91 Å². The molecule has 0 unspecified atom stereocenters. The molecule has 0 radical (unpaired) electrons. The van der Waals surface area contributed by atoms with Crippen molar-refractivity contribution < 1.29 is 15.0 Å². The van der Waals surface area contributed by atoms with Crippen LogP contribution in [-0.2, 0) is 4.79 Å². The Morgan fingerprint density at radius 3 is 2.53 bits per heavy atom. The lowest BCUT2D eigenvalue weighted by molar-refractivity contribution is -0.123. The van der Waals surface area contributed by atoms with E-state index in [4.69, 9.17) is 12.2 Å². The number of carbonyl (C=O) groups excluding carboxylic acids is 1. The molecule has 0 spiro atoms. The highest BCUT2D eigenvalue weighted by atomic mass is 32.2. The number of rotatable bonds is 2. The molecule has 6 heteroatoms. The number of hydrogen-bond donors (Lipinski definition) is 2. The van der Waals surface area contributed by atoms with Crippen LogP contribution in [0.4, 0.5) is 0 Å². The van der Waals surface area contributed by atoms with Gasteiger partial charge in [0.05, 0.1) is 4.91 Å².